The third kappa shape index (κ3) is 3.90. The van der Waals surface area contributed by atoms with Crippen molar-refractivity contribution in [3.63, 3.8) is 0 Å². The van der Waals surface area contributed by atoms with Crippen LogP contribution in [0.5, 0.6) is 0 Å². The average Bonchev–Trinajstić information content (AvgIpc) is 3.20. The van der Waals surface area contributed by atoms with E-state index in [1.165, 1.54) is 22.5 Å². The lowest BCUT2D eigenvalue weighted by Crippen LogP contribution is -2.04. The predicted molar refractivity (Wildman–Crippen MR) is 96.8 cm³/mol. The number of nitrogens with zero attached hydrogens (tertiary/aromatic N) is 6. The summed E-state index contributed by atoms with van der Waals surface area (Å²) in [5, 5.41) is 24.4. The second kappa shape index (κ2) is 7.71. The Kier molecular flexibility index (Phi) is 5.41. The summed E-state index contributed by atoms with van der Waals surface area (Å²) in [6.07, 6.45) is 1.01. The van der Waals surface area contributed by atoms with E-state index in [2.05, 4.69) is 63.9 Å². The van der Waals surface area contributed by atoms with Gasteiger partial charge in [0.15, 0.2) is 10.2 Å². The van der Waals surface area contributed by atoms with Gasteiger partial charge < -0.3 is 5.32 Å². The Morgan fingerprint density at radius 1 is 1.21 bits per heavy atom. The van der Waals surface area contributed by atoms with Crippen molar-refractivity contribution in [3.05, 3.63) is 35.2 Å². The number of aromatic nitrogens is 6. The number of hydrogen-bond acceptors (Lipinski definition) is 8. The highest BCUT2D eigenvalue weighted by Crippen LogP contribution is 2.30. The van der Waals surface area contributed by atoms with E-state index in [1.54, 1.807) is 11.8 Å². The van der Waals surface area contributed by atoms with Gasteiger partial charge in [0.25, 0.3) is 0 Å². The first kappa shape index (κ1) is 16.8. The summed E-state index contributed by atoms with van der Waals surface area (Å²) in [7, 11) is 0. The van der Waals surface area contributed by atoms with Gasteiger partial charge in [0.05, 0.1) is 5.75 Å². The highest BCUT2D eigenvalue weighted by Gasteiger charge is 2.10. The van der Waals surface area contributed by atoms with Crippen molar-refractivity contribution in [1.29, 1.82) is 0 Å². The molecule has 24 heavy (non-hydrogen) atoms. The SMILES string of the molecule is CCCn1nnnc1CSc1nnc(Nc2cccc(C)c2C)s1. The molecule has 0 saturated heterocycles. The molecule has 9 heteroatoms. The second-order valence-electron chi connectivity index (χ2n) is 5.35. The van der Waals surface area contributed by atoms with E-state index in [9.17, 15) is 0 Å². The molecule has 0 unspecified atom stereocenters. The molecular formula is C15H19N7S2. The van der Waals surface area contributed by atoms with Gasteiger partial charge in [-0.2, -0.15) is 0 Å². The number of rotatable bonds is 7. The van der Waals surface area contributed by atoms with Gasteiger partial charge in [-0.1, -0.05) is 42.2 Å². The Bertz CT molecular complexity index is 812. The quantitative estimate of drug-likeness (QED) is 0.644. The minimum Gasteiger partial charge on any atom is -0.330 e. The normalized spacial score (nSPS) is 11.0. The van der Waals surface area contributed by atoms with Crippen LogP contribution in [-0.4, -0.2) is 30.4 Å². The Morgan fingerprint density at radius 3 is 2.92 bits per heavy atom. The highest BCUT2D eigenvalue weighted by atomic mass is 32.2. The largest absolute Gasteiger partial charge is 0.330 e. The van der Waals surface area contributed by atoms with Gasteiger partial charge in [-0.05, 0) is 47.9 Å². The van der Waals surface area contributed by atoms with Crippen molar-refractivity contribution >= 4 is 33.9 Å². The maximum atomic E-state index is 4.23. The average molecular weight is 362 g/mol. The zero-order valence-corrected chi connectivity index (χ0v) is 15.5. The van der Waals surface area contributed by atoms with E-state index in [0.717, 1.165) is 33.9 Å². The van der Waals surface area contributed by atoms with Crippen LogP contribution in [0.2, 0.25) is 0 Å². The van der Waals surface area contributed by atoms with Gasteiger partial charge in [0, 0.05) is 12.2 Å². The topological polar surface area (TPSA) is 81.4 Å². The molecule has 0 aliphatic carbocycles. The van der Waals surface area contributed by atoms with Crippen molar-refractivity contribution in [1.82, 2.24) is 30.4 Å². The molecule has 0 bridgehead atoms. The van der Waals surface area contributed by atoms with E-state index in [-0.39, 0.29) is 0 Å². The minimum atomic E-state index is 0.686. The first-order valence-electron chi connectivity index (χ1n) is 7.72. The number of nitrogens with one attached hydrogen (secondary N) is 1. The van der Waals surface area contributed by atoms with Gasteiger partial charge in [-0.3, -0.25) is 0 Å². The van der Waals surface area contributed by atoms with E-state index >= 15 is 0 Å². The van der Waals surface area contributed by atoms with Gasteiger partial charge in [-0.15, -0.1) is 15.3 Å². The number of anilines is 2. The smallest absolute Gasteiger partial charge is 0.210 e. The molecule has 126 valence electrons. The van der Waals surface area contributed by atoms with Gasteiger partial charge in [-0.25, -0.2) is 4.68 Å². The summed E-state index contributed by atoms with van der Waals surface area (Å²) < 4.78 is 2.73. The Labute approximate surface area is 148 Å². The van der Waals surface area contributed by atoms with Crippen LogP contribution in [0.3, 0.4) is 0 Å². The first-order valence-corrected chi connectivity index (χ1v) is 9.52. The Morgan fingerprint density at radius 2 is 2.08 bits per heavy atom. The molecule has 0 radical (unpaired) electrons. The van der Waals surface area contributed by atoms with Crippen molar-refractivity contribution in [2.24, 2.45) is 0 Å². The summed E-state index contributed by atoms with van der Waals surface area (Å²) in [5.41, 5.74) is 3.54. The van der Waals surface area contributed by atoms with Crippen LogP contribution < -0.4 is 5.32 Å². The van der Waals surface area contributed by atoms with E-state index < -0.39 is 0 Å². The van der Waals surface area contributed by atoms with Crippen LogP contribution in [0.25, 0.3) is 0 Å². The first-order chi connectivity index (χ1) is 11.7. The summed E-state index contributed by atoms with van der Waals surface area (Å²) in [5.74, 6) is 1.55. The Hall–Kier alpha value is -2.00. The third-order valence-electron chi connectivity index (χ3n) is 3.62. The van der Waals surface area contributed by atoms with E-state index in [0.29, 0.717) is 5.75 Å². The molecule has 2 heterocycles. The van der Waals surface area contributed by atoms with E-state index in [4.69, 9.17) is 0 Å². The lowest BCUT2D eigenvalue weighted by atomic mass is 10.1. The zero-order valence-electron chi connectivity index (χ0n) is 13.9. The van der Waals surface area contributed by atoms with Gasteiger partial charge >= 0.3 is 0 Å². The zero-order chi connectivity index (χ0) is 16.9. The molecule has 1 aromatic carbocycles. The molecule has 0 amide bonds. The van der Waals surface area contributed by atoms with Gasteiger partial charge in [0.2, 0.25) is 5.13 Å². The highest BCUT2D eigenvalue weighted by molar-refractivity contribution is 8.00. The molecule has 0 aliphatic heterocycles. The van der Waals surface area contributed by atoms with Crippen LogP contribution >= 0.6 is 23.1 Å². The van der Waals surface area contributed by atoms with Crippen LogP contribution in [0, 0.1) is 13.8 Å². The number of hydrogen-bond donors (Lipinski definition) is 1. The molecular weight excluding hydrogens is 342 g/mol. The molecule has 0 atom stereocenters. The lowest BCUT2D eigenvalue weighted by Gasteiger charge is -2.08. The lowest BCUT2D eigenvalue weighted by molar-refractivity contribution is 0.564. The number of aryl methyl sites for hydroxylation is 2. The second-order valence-corrected chi connectivity index (χ2v) is 7.55. The molecule has 3 aromatic rings. The van der Waals surface area contributed by atoms with Crippen molar-refractivity contribution in [2.75, 3.05) is 5.32 Å². The summed E-state index contributed by atoms with van der Waals surface area (Å²) >= 11 is 3.13. The molecule has 3 rings (SSSR count). The number of benzene rings is 1. The molecule has 7 nitrogen and oxygen atoms in total. The number of tetrazole rings is 1. The molecule has 1 N–H and O–H groups in total. The van der Waals surface area contributed by atoms with Crippen LogP contribution in [0.15, 0.2) is 22.5 Å². The molecule has 0 fully saturated rings. The summed E-state index contributed by atoms with van der Waals surface area (Å²) in [4.78, 5) is 0. The van der Waals surface area contributed by atoms with Crippen molar-refractivity contribution in [2.45, 2.75) is 43.8 Å². The monoisotopic (exact) mass is 361 g/mol. The maximum Gasteiger partial charge on any atom is 0.210 e. The summed E-state index contributed by atoms with van der Waals surface area (Å²) in [6.45, 7) is 7.14. The maximum absolute atomic E-state index is 4.23. The summed E-state index contributed by atoms with van der Waals surface area (Å²) in [6, 6.07) is 6.19. The number of thioether (sulfide) groups is 1. The fourth-order valence-electron chi connectivity index (χ4n) is 2.16. The van der Waals surface area contributed by atoms with Crippen LogP contribution in [0.4, 0.5) is 10.8 Å². The fourth-order valence-corrected chi connectivity index (χ4v) is 3.86. The van der Waals surface area contributed by atoms with Crippen molar-refractivity contribution < 1.29 is 0 Å². The molecule has 0 aliphatic rings. The standard InChI is InChI=1S/C15H19N7S2/c1-4-8-22-13(17-20-21-22)9-23-15-19-18-14(24-15)16-12-7-5-6-10(2)11(12)3/h5-7H,4,8-9H2,1-3H3,(H,16,18). The van der Waals surface area contributed by atoms with Gasteiger partial charge in [0.1, 0.15) is 0 Å². The van der Waals surface area contributed by atoms with Crippen LogP contribution in [-0.2, 0) is 12.3 Å². The Balaban J connectivity index is 1.63. The molecule has 0 spiro atoms. The minimum absolute atomic E-state index is 0.686. The molecule has 0 saturated carbocycles. The third-order valence-corrected chi connectivity index (χ3v) is 5.59. The van der Waals surface area contributed by atoms with Crippen molar-refractivity contribution in [3.8, 4) is 0 Å². The molecule has 2 aromatic heterocycles. The predicted octanol–water partition coefficient (Wildman–Crippen LogP) is 3.59. The van der Waals surface area contributed by atoms with E-state index in [1.807, 2.05) is 10.7 Å². The van der Waals surface area contributed by atoms with Crippen LogP contribution in [0.1, 0.15) is 30.3 Å². The fraction of sp³-hybridized carbons (Fsp3) is 0.400.